The zero-order valence-corrected chi connectivity index (χ0v) is 10.8. The van der Waals surface area contributed by atoms with Gasteiger partial charge in [0.15, 0.2) is 0 Å². The maximum absolute atomic E-state index is 6.30. The second kappa shape index (κ2) is 4.71. The van der Waals surface area contributed by atoms with Gasteiger partial charge in [0.05, 0.1) is 17.4 Å². The second-order valence-electron chi connectivity index (χ2n) is 5.24. The van der Waals surface area contributed by atoms with Gasteiger partial charge in [-0.05, 0) is 43.5 Å². The molecule has 1 aromatic heterocycles. The van der Waals surface area contributed by atoms with Crippen molar-refractivity contribution in [1.29, 1.82) is 0 Å². The third kappa shape index (κ3) is 2.13. The highest BCUT2D eigenvalue weighted by Gasteiger charge is 2.18. The molecule has 0 amide bonds. The van der Waals surface area contributed by atoms with Crippen molar-refractivity contribution in [2.45, 2.75) is 31.3 Å². The lowest BCUT2D eigenvalue weighted by molar-refractivity contribution is 0.499. The van der Waals surface area contributed by atoms with Gasteiger partial charge in [-0.25, -0.2) is 4.98 Å². The minimum Gasteiger partial charge on any atom is -0.334 e. The van der Waals surface area contributed by atoms with Crippen molar-refractivity contribution >= 4 is 11.0 Å². The van der Waals surface area contributed by atoms with Crippen molar-refractivity contribution in [2.75, 3.05) is 6.54 Å². The summed E-state index contributed by atoms with van der Waals surface area (Å²) in [5.74, 6) is 0. The summed E-state index contributed by atoms with van der Waals surface area (Å²) < 4.78 is 2.03. The molecule has 0 saturated carbocycles. The first-order chi connectivity index (χ1) is 8.74. The van der Waals surface area contributed by atoms with Crippen molar-refractivity contribution in [1.82, 2.24) is 14.9 Å². The standard InChI is InChI=1S/C14H20N4/c1-18-9-17-13-7-10(4-5-14(13)18)12(15)8-11-3-2-6-16-11/h4-5,7,9,11-12,16H,2-3,6,8,15H2,1H3. The molecule has 2 unspecified atom stereocenters. The lowest BCUT2D eigenvalue weighted by Gasteiger charge is -2.17. The SMILES string of the molecule is Cn1cnc2cc(C(N)CC3CCCN3)ccc21. The number of rotatable bonds is 3. The average molecular weight is 244 g/mol. The number of aryl methyl sites for hydroxylation is 1. The molecule has 1 aliphatic rings. The number of fused-ring (bicyclic) bond motifs is 1. The number of nitrogens with two attached hydrogens (primary N) is 1. The molecule has 2 atom stereocenters. The molecule has 0 radical (unpaired) electrons. The summed E-state index contributed by atoms with van der Waals surface area (Å²) in [6, 6.07) is 7.05. The Labute approximate surface area is 107 Å². The fraction of sp³-hybridized carbons (Fsp3) is 0.500. The van der Waals surface area contributed by atoms with Gasteiger partial charge in [-0.1, -0.05) is 6.07 Å². The zero-order valence-electron chi connectivity index (χ0n) is 10.8. The maximum Gasteiger partial charge on any atom is 0.0955 e. The predicted molar refractivity (Wildman–Crippen MR) is 73.3 cm³/mol. The molecule has 0 spiro atoms. The number of nitrogens with one attached hydrogen (secondary N) is 1. The van der Waals surface area contributed by atoms with Crippen LogP contribution in [0.15, 0.2) is 24.5 Å². The number of imidazole rings is 1. The molecule has 2 heterocycles. The minimum absolute atomic E-state index is 0.104. The lowest BCUT2D eigenvalue weighted by atomic mass is 9.99. The van der Waals surface area contributed by atoms with Crippen molar-refractivity contribution in [2.24, 2.45) is 12.8 Å². The van der Waals surface area contributed by atoms with Crippen LogP contribution in [0.1, 0.15) is 30.9 Å². The van der Waals surface area contributed by atoms with E-state index in [-0.39, 0.29) is 6.04 Å². The van der Waals surface area contributed by atoms with Gasteiger partial charge in [0.2, 0.25) is 0 Å². The van der Waals surface area contributed by atoms with Crippen molar-refractivity contribution in [3.63, 3.8) is 0 Å². The predicted octanol–water partition coefficient (Wildman–Crippen LogP) is 1.72. The summed E-state index contributed by atoms with van der Waals surface area (Å²) in [4.78, 5) is 4.38. The Morgan fingerprint density at radius 1 is 1.56 bits per heavy atom. The van der Waals surface area contributed by atoms with E-state index < -0.39 is 0 Å². The lowest BCUT2D eigenvalue weighted by Crippen LogP contribution is -2.26. The van der Waals surface area contributed by atoms with Crippen LogP contribution in [0.2, 0.25) is 0 Å². The zero-order chi connectivity index (χ0) is 12.5. The monoisotopic (exact) mass is 244 g/mol. The number of benzene rings is 1. The van der Waals surface area contributed by atoms with Gasteiger partial charge in [0.25, 0.3) is 0 Å². The molecule has 3 N–H and O–H groups in total. The van der Waals surface area contributed by atoms with Crippen LogP contribution >= 0.6 is 0 Å². The third-order valence-corrected chi connectivity index (χ3v) is 3.88. The van der Waals surface area contributed by atoms with Crippen molar-refractivity contribution < 1.29 is 0 Å². The van der Waals surface area contributed by atoms with Gasteiger partial charge in [0, 0.05) is 19.1 Å². The molecule has 1 saturated heterocycles. The molecular weight excluding hydrogens is 224 g/mol. The van der Waals surface area contributed by atoms with E-state index in [2.05, 4.69) is 28.5 Å². The molecule has 18 heavy (non-hydrogen) atoms. The highest BCUT2D eigenvalue weighted by atomic mass is 15.0. The second-order valence-corrected chi connectivity index (χ2v) is 5.24. The van der Waals surface area contributed by atoms with Crippen LogP contribution in [0.3, 0.4) is 0 Å². The summed E-state index contributed by atoms with van der Waals surface area (Å²) in [5.41, 5.74) is 9.68. The van der Waals surface area contributed by atoms with Crippen LogP contribution in [-0.2, 0) is 7.05 Å². The normalized spacial score (nSPS) is 21.6. The molecule has 1 aliphatic heterocycles. The van der Waals surface area contributed by atoms with Gasteiger partial charge >= 0.3 is 0 Å². The van der Waals surface area contributed by atoms with Crippen LogP contribution in [0.25, 0.3) is 11.0 Å². The fourth-order valence-electron chi connectivity index (χ4n) is 2.78. The largest absolute Gasteiger partial charge is 0.334 e. The molecule has 4 nitrogen and oxygen atoms in total. The number of hydrogen-bond donors (Lipinski definition) is 2. The smallest absolute Gasteiger partial charge is 0.0955 e. The topological polar surface area (TPSA) is 55.9 Å². The van der Waals surface area contributed by atoms with E-state index in [1.165, 1.54) is 18.4 Å². The molecule has 4 heteroatoms. The average Bonchev–Trinajstić information content (AvgIpc) is 2.99. The van der Waals surface area contributed by atoms with Gasteiger partial charge in [-0.2, -0.15) is 0 Å². The van der Waals surface area contributed by atoms with Crippen molar-refractivity contribution in [3.8, 4) is 0 Å². The number of aromatic nitrogens is 2. The summed E-state index contributed by atoms with van der Waals surface area (Å²) in [5, 5.41) is 3.50. The molecule has 1 fully saturated rings. The quantitative estimate of drug-likeness (QED) is 0.864. The number of nitrogens with zero attached hydrogens (tertiary/aromatic N) is 2. The first-order valence-corrected chi connectivity index (χ1v) is 6.64. The van der Waals surface area contributed by atoms with E-state index in [1.54, 1.807) is 0 Å². The maximum atomic E-state index is 6.30. The molecule has 2 aromatic rings. The molecule has 96 valence electrons. The van der Waals surface area contributed by atoms with Crippen LogP contribution < -0.4 is 11.1 Å². The molecule has 1 aromatic carbocycles. The summed E-state index contributed by atoms with van der Waals surface area (Å²) >= 11 is 0. The number of hydrogen-bond acceptors (Lipinski definition) is 3. The van der Waals surface area contributed by atoms with E-state index in [9.17, 15) is 0 Å². The van der Waals surface area contributed by atoms with E-state index in [4.69, 9.17) is 5.73 Å². The minimum atomic E-state index is 0.104. The Morgan fingerprint density at radius 2 is 2.44 bits per heavy atom. The van der Waals surface area contributed by atoms with E-state index >= 15 is 0 Å². The van der Waals surface area contributed by atoms with Gasteiger partial charge in [-0.3, -0.25) is 0 Å². The van der Waals surface area contributed by atoms with Crippen LogP contribution in [0.4, 0.5) is 0 Å². The summed E-state index contributed by atoms with van der Waals surface area (Å²) in [6.07, 6.45) is 5.38. The highest BCUT2D eigenvalue weighted by molar-refractivity contribution is 5.76. The Kier molecular flexibility index (Phi) is 3.06. The van der Waals surface area contributed by atoms with Gasteiger partial charge < -0.3 is 15.6 Å². The van der Waals surface area contributed by atoms with Gasteiger partial charge in [-0.15, -0.1) is 0 Å². The molecule has 3 rings (SSSR count). The van der Waals surface area contributed by atoms with Gasteiger partial charge in [0.1, 0.15) is 0 Å². The van der Waals surface area contributed by atoms with E-state index in [1.807, 2.05) is 17.9 Å². The Bertz CT molecular complexity index is 540. The third-order valence-electron chi connectivity index (χ3n) is 3.88. The van der Waals surface area contributed by atoms with E-state index in [0.29, 0.717) is 6.04 Å². The Morgan fingerprint density at radius 3 is 3.22 bits per heavy atom. The summed E-state index contributed by atoms with van der Waals surface area (Å²) in [7, 11) is 2.01. The summed E-state index contributed by atoms with van der Waals surface area (Å²) in [6.45, 7) is 1.14. The fourth-order valence-corrected chi connectivity index (χ4v) is 2.78. The van der Waals surface area contributed by atoms with E-state index in [0.717, 1.165) is 24.0 Å². The Hall–Kier alpha value is -1.39. The molecule has 0 bridgehead atoms. The van der Waals surface area contributed by atoms with Crippen molar-refractivity contribution in [3.05, 3.63) is 30.1 Å². The van der Waals surface area contributed by atoms with Crippen LogP contribution in [0, 0.1) is 0 Å². The molecule has 0 aliphatic carbocycles. The highest BCUT2D eigenvalue weighted by Crippen LogP contribution is 2.23. The Balaban J connectivity index is 1.80. The van der Waals surface area contributed by atoms with Crippen LogP contribution in [0.5, 0.6) is 0 Å². The molecular formula is C14H20N4. The first kappa shape index (κ1) is 11.7. The van der Waals surface area contributed by atoms with Crippen LogP contribution in [-0.4, -0.2) is 22.1 Å². The first-order valence-electron chi connectivity index (χ1n) is 6.64.